The van der Waals surface area contributed by atoms with Gasteiger partial charge >= 0.3 is 5.97 Å². The third kappa shape index (κ3) is 4.08. The van der Waals surface area contributed by atoms with Gasteiger partial charge in [0.25, 0.3) is 0 Å². The van der Waals surface area contributed by atoms with Crippen LogP contribution in [-0.2, 0) is 14.3 Å². The maximum absolute atomic E-state index is 10.6. The highest BCUT2D eigenvalue weighted by molar-refractivity contribution is 5.81. The van der Waals surface area contributed by atoms with Gasteiger partial charge in [0.15, 0.2) is 6.79 Å². The second kappa shape index (κ2) is 5.75. The topological polar surface area (TPSA) is 35.5 Å². The minimum atomic E-state index is -0.421. The molecule has 0 spiro atoms. The predicted octanol–water partition coefficient (Wildman–Crippen LogP) is 2.02. The van der Waals surface area contributed by atoms with Crippen LogP contribution in [0.4, 0.5) is 0 Å². The van der Waals surface area contributed by atoms with E-state index in [0.717, 1.165) is 18.9 Å². The average molecular weight is 184 g/mol. The van der Waals surface area contributed by atoms with Gasteiger partial charge in [-0.2, -0.15) is 0 Å². The lowest BCUT2D eigenvalue weighted by molar-refractivity contribution is -0.156. The molecule has 1 aliphatic carbocycles. The fourth-order valence-electron chi connectivity index (χ4n) is 1.48. The number of esters is 1. The molecular weight excluding hydrogens is 168 g/mol. The van der Waals surface area contributed by atoms with E-state index in [2.05, 4.69) is 6.58 Å². The highest BCUT2D eigenvalue weighted by atomic mass is 16.7. The first-order valence-corrected chi connectivity index (χ1v) is 4.73. The quantitative estimate of drug-likeness (QED) is 0.381. The van der Waals surface area contributed by atoms with E-state index in [0.29, 0.717) is 0 Å². The molecule has 0 bridgehead atoms. The Balaban J connectivity index is 2.04. The van der Waals surface area contributed by atoms with E-state index in [1.165, 1.54) is 19.3 Å². The van der Waals surface area contributed by atoms with Gasteiger partial charge in [-0.1, -0.05) is 25.8 Å². The third-order valence-electron chi connectivity index (χ3n) is 2.22. The molecule has 1 aliphatic rings. The molecule has 0 aromatic rings. The van der Waals surface area contributed by atoms with Crippen LogP contribution in [-0.4, -0.2) is 18.9 Å². The molecule has 0 aromatic carbocycles. The highest BCUT2D eigenvalue weighted by Gasteiger charge is 2.13. The van der Waals surface area contributed by atoms with Crippen molar-refractivity contribution in [1.82, 2.24) is 0 Å². The summed E-state index contributed by atoms with van der Waals surface area (Å²) in [6, 6.07) is 0. The maximum Gasteiger partial charge on any atom is 0.332 e. The molecule has 0 atom stereocenters. The number of hydrogen-bond donors (Lipinski definition) is 0. The SMILES string of the molecule is C=CC(=O)OCOC1CCCCC1. The zero-order valence-electron chi connectivity index (χ0n) is 7.83. The normalized spacial score (nSPS) is 18.2. The number of carbonyl (C=O) groups excluding carboxylic acids is 1. The van der Waals surface area contributed by atoms with Gasteiger partial charge in [-0.05, 0) is 12.8 Å². The van der Waals surface area contributed by atoms with E-state index in [1.807, 2.05) is 0 Å². The van der Waals surface area contributed by atoms with Crippen molar-refractivity contribution < 1.29 is 14.3 Å². The van der Waals surface area contributed by atoms with Gasteiger partial charge in [0.05, 0.1) is 6.10 Å². The summed E-state index contributed by atoms with van der Waals surface area (Å²) in [7, 11) is 0. The summed E-state index contributed by atoms with van der Waals surface area (Å²) >= 11 is 0. The highest BCUT2D eigenvalue weighted by Crippen LogP contribution is 2.19. The van der Waals surface area contributed by atoms with Gasteiger partial charge in [0.2, 0.25) is 0 Å². The summed E-state index contributed by atoms with van der Waals surface area (Å²) < 4.78 is 10.1. The van der Waals surface area contributed by atoms with Gasteiger partial charge in [-0.3, -0.25) is 0 Å². The van der Waals surface area contributed by atoms with Crippen LogP contribution in [0, 0.1) is 0 Å². The van der Waals surface area contributed by atoms with E-state index in [-0.39, 0.29) is 12.9 Å². The molecule has 0 heterocycles. The van der Waals surface area contributed by atoms with Gasteiger partial charge < -0.3 is 9.47 Å². The molecule has 74 valence electrons. The van der Waals surface area contributed by atoms with Crippen LogP contribution < -0.4 is 0 Å². The summed E-state index contributed by atoms with van der Waals surface area (Å²) in [5, 5.41) is 0. The molecule has 0 saturated heterocycles. The van der Waals surface area contributed by atoms with Gasteiger partial charge in [0.1, 0.15) is 0 Å². The molecule has 1 fully saturated rings. The number of hydrogen-bond acceptors (Lipinski definition) is 3. The Kier molecular flexibility index (Phi) is 4.54. The van der Waals surface area contributed by atoms with Gasteiger partial charge in [0, 0.05) is 6.08 Å². The first-order valence-electron chi connectivity index (χ1n) is 4.73. The van der Waals surface area contributed by atoms with Crippen LogP contribution in [0.1, 0.15) is 32.1 Å². The maximum atomic E-state index is 10.6. The molecule has 1 rings (SSSR count). The van der Waals surface area contributed by atoms with Crippen molar-refractivity contribution in [2.75, 3.05) is 6.79 Å². The minimum Gasteiger partial charge on any atom is -0.435 e. The molecule has 0 unspecified atom stereocenters. The van der Waals surface area contributed by atoms with Crippen molar-refractivity contribution in [3.63, 3.8) is 0 Å². The van der Waals surface area contributed by atoms with Gasteiger partial charge in [-0.25, -0.2) is 4.79 Å². The molecule has 0 aromatic heterocycles. The van der Waals surface area contributed by atoms with Gasteiger partial charge in [-0.15, -0.1) is 0 Å². The second-order valence-corrected chi connectivity index (χ2v) is 3.21. The van der Waals surface area contributed by atoms with Crippen molar-refractivity contribution in [1.29, 1.82) is 0 Å². The third-order valence-corrected chi connectivity index (χ3v) is 2.22. The van der Waals surface area contributed by atoms with Crippen LogP contribution in [0.3, 0.4) is 0 Å². The minimum absolute atomic E-state index is 0.0650. The fraction of sp³-hybridized carbons (Fsp3) is 0.700. The summed E-state index contributed by atoms with van der Waals surface area (Å²) in [6.07, 6.45) is 7.35. The lowest BCUT2D eigenvalue weighted by Crippen LogP contribution is -2.19. The molecule has 0 radical (unpaired) electrons. The molecular formula is C10H16O3. The van der Waals surface area contributed by atoms with Crippen LogP contribution >= 0.6 is 0 Å². The van der Waals surface area contributed by atoms with E-state index >= 15 is 0 Å². The summed E-state index contributed by atoms with van der Waals surface area (Å²) in [6.45, 7) is 3.36. The van der Waals surface area contributed by atoms with E-state index < -0.39 is 5.97 Å². The summed E-state index contributed by atoms with van der Waals surface area (Å²) in [4.78, 5) is 10.6. The zero-order chi connectivity index (χ0) is 9.52. The first kappa shape index (κ1) is 10.3. The molecule has 13 heavy (non-hydrogen) atoms. The monoisotopic (exact) mass is 184 g/mol. The Labute approximate surface area is 78.7 Å². The molecule has 0 N–H and O–H groups in total. The first-order chi connectivity index (χ1) is 6.33. The predicted molar refractivity (Wildman–Crippen MR) is 49.1 cm³/mol. The van der Waals surface area contributed by atoms with Crippen LogP contribution in [0.2, 0.25) is 0 Å². The Morgan fingerprint density at radius 3 is 2.69 bits per heavy atom. The lowest BCUT2D eigenvalue weighted by Gasteiger charge is -2.21. The van der Waals surface area contributed by atoms with E-state index in [9.17, 15) is 4.79 Å². The molecule has 1 saturated carbocycles. The van der Waals surface area contributed by atoms with Crippen molar-refractivity contribution >= 4 is 5.97 Å². The molecule has 3 heteroatoms. The molecule has 0 aliphatic heterocycles. The summed E-state index contributed by atoms with van der Waals surface area (Å²) in [5.41, 5.74) is 0. The average Bonchev–Trinajstić information content (AvgIpc) is 2.19. The largest absolute Gasteiger partial charge is 0.435 e. The number of ether oxygens (including phenoxy) is 2. The Bertz CT molecular complexity index is 171. The Hall–Kier alpha value is -0.830. The van der Waals surface area contributed by atoms with E-state index in [4.69, 9.17) is 9.47 Å². The van der Waals surface area contributed by atoms with Crippen molar-refractivity contribution in [2.45, 2.75) is 38.2 Å². The molecule has 3 nitrogen and oxygen atoms in total. The Morgan fingerprint density at radius 1 is 1.38 bits per heavy atom. The standard InChI is InChI=1S/C10H16O3/c1-2-10(11)13-8-12-9-6-4-3-5-7-9/h2,9H,1,3-8H2. The number of rotatable bonds is 4. The smallest absolute Gasteiger partial charge is 0.332 e. The zero-order valence-corrected chi connectivity index (χ0v) is 7.83. The van der Waals surface area contributed by atoms with Crippen LogP contribution in [0.5, 0.6) is 0 Å². The number of carbonyl (C=O) groups is 1. The van der Waals surface area contributed by atoms with Crippen LogP contribution in [0.25, 0.3) is 0 Å². The van der Waals surface area contributed by atoms with E-state index in [1.54, 1.807) is 0 Å². The van der Waals surface area contributed by atoms with Crippen molar-refractivity contribution in [2.24, 2.45) is 0 Å². The van der Waals surface area contributed by atoms with Crippen molar-refractivity contribution in [3.05, 3.63) is 12.7 Å². The molecule has 0 amide bonds. The summed E-state index contributed by atoms with van der Waals surface area (Å²) in [5.74, 6) is -0.421. The lowest BCUT2D eigenvalue weighted by atomic mass is 9.98. The van der Waals surface area contributed by atoms with Crippen molar-refractivity contribution in [3.8, 4) is 0 Å². The second-order valence-electron chi connectivity index (χ2n) is 3.21. The van der Waals surface area contributed by atoms with Crippen LogP contribution in [0.15, 0.2) is 12.7 Å². The fourth-order valence-corrected chi connectivity index (χ4v) is 1.48. The Morgan fingerprint density at radius 2 is 2.08 bits per heavy atom.